The minimum absolute atomic E-state index is 0.148. The Morgan fingerprint density at radius 1 is 1.12 bits per heavy atom. The molecule has 2 aromatic carbocycles. The van der Waals surface area contributed by atoms with Crippen molar-refractivity contribution in [3.63, 3.8) is 0 Å². The third kappa shape index (κ3) is 3.80. The maximum Gasteiger partial charge on any atom is 0.223 e. The fourth-order valence-electron chi connectivity index (χ4n) is 3.25. The number of fused-ring (bicyclic) bond motifs is 1. The van der Waals surface area contributed by atoms with Crippen molar-refractivity contribution in [1.29, 1.82) is 5.26 Å². The lowest BCUT2D eigenvalue weighted by atomic mass is 9.98. The smallest absolute Gasteiger partial charge is 0.223 e. The van der Waals surface area contributed by atoms with E-state index in [4.69, 9.17) is 14.7 Å². The second kappa shape index (κ2) is 7.92. The number of carbonyl (C=O) groups excluding carboxylic acids is 1. The Morgan fingerprint density at radius 2 is 1.77 bits per heavy atom. The lowest BCUT2D eigenvalue weighted by Gasteiger charge is -2.29. The lowest BCUT2D eigenvalue weighted by molar-refractivity contribution is -0.132. The lowest BCUT2D eigenvalue weighted by Crippen LogP contribution is -2.36. The van der Waals surface area contributed by atoms with Crippen LogP contribution in [0, 0.1) is 11.3 Å². The van der Waals surface area contributed by atoms with E-state index in [2.05, 4.69) is 6.07 Å². The van der Waals surface area contributed by atoms with Crippen molar-refractivity contribution < 1.29 is 14.3 Å². The predicted molar refractivity (Wildman–Crippen MR) is 98.1 cm³/mol. The second-order valence-electron chi connectivity index (χ2n) is 6.35. The number of aryl methyl sites for hydroxylation is 1. The molecular formula is C21H22N2O3. The summed E-state index contributed by atoms with van der Waals surface area (Å²) in [5, 5.41) is 8.84. The van der Waals surface area contributed by atoms with Crippen LogP contribution in [-0.4, -0.2) is 31.6 Å². The normalized spacial score (nSPS) is 12.9. The quantitative estimate of drug-likeness (QED) is 0.831. The van der Waals surface area contributed by atoms with Gasteiger partial charge in [0, 0.05) is 19.5 Å². The van der Waals surface area contributed by atoms with E-state index in [1.165, 1.54) is 5.56 Å². The van der Waals surface area contributed by atoms with Crippen LogP contribution in [0.3, 0.4) is 0 Å². The van der Waals surface area contributed by atoms with Gasteiger partial charge in [0.1, 0.15) is 0 Å². The summed E-state index contributed by atoms with van der Waals surface area (Å²) in [4.78, 5) is 14.5. The molecule has 0 atom stereocenters. The molecule has 134 valence electrons. The van der Waals surface area contributed by atoms with Crippen LogP contribution in [0.1, 0.15) is 28.7 Å². The number of amides is 1. The van der Waals surface area contributed by atoms with Gasteiger partial charge in [0.05, 0.1) is 25.9 Å². The van der Waals surface area contributed by atoms with Crippen LogP contribution in [0.15, 0.2) is 36.4 Å². The van der Waals surface area contributed by atoms with E-state index < -0.39 is 0 Å². The van der Waals surface area contributed by atoms with Gasteiger partial charge in [-0.1, -0.05) is 12.1 Å². The molecular weight excluding hydrogens is 328 g/mol. The number of hydrogen-bond donors (Lipinski definition) is 0. The average Bonchev–Trinajstić information content (AvgIpc) is 2.70. The Hall–Kier alpha value is -3.00. The molecule has 0 fully saturated rings. The molecule has 5 heteroatoms. The number of ether oxygens (including phenoxy) is 2. The Kier molecular flexibility index (Phi) is 5.43. The summed E-state index contributed by atoms with van der Waals surface area (Å²) in [5.74, 6) is 1.57. The topological polar surface area (TPSA) is 62.6 Å². The molecule has 0 unspecified atom stereocenters. The first-order valence-corrected chi connectivity index (χ1v) is 8.65. The number of benzene rings is 2. The number of nitriles is 1. The molecule has 0 N–H and O–H groups in total. The molecule has 2 aromatic rings. The van der Waals surface area contributed by atoms with Crippen molar-refractivity contribution in [2.75, 3.05) is 20.8 Å². The van der Waals surface area contributed by atoms with Crippen LogP contribution in [-0.2, 0) is 24.2 Å². The molecule has 0 aliphatic carbocycles. The maximum absolute atomic E-state index is 12.6. The van der Waals surface area contributed by atoms with Crippen LogP contribution >= 0.6 is 0 Å². The van der Waals surface area contributed by atoms with Gasteiger partial charge in [-0.3, -0.25) is 4.79 Å². The first-order chi connectivity index (χ1) is 12.6. The van der Waals surface area contributed by atoms with E-state index in [-0.39, 0.29) is 5.91 Å². The number of methoxy groups -OCH3 is 2. The first-order valence-electron chi connectivity index (χ1n) is 8.65. The molecule has 0 spiro atoms. The first kappa shape index (κ1) is 17.8. The highest BCUT2D eigenvalue weighted by atomic mass is 16.5. The molecule has 26 heavy (non-hydrogen) atoms. The summed E-state index contributed by atoms with van der Waals surface area (Å²) in [6.45, 7) is 1.32. The monoisotopic (exact) mass is 350 g/mol. The van der Waals surface area contributed by atoms with Gasteiger partial charge in [-0.15, -0.1) is 0 Å². The van der Waals surface area contributed by atoms with E-state index in [0.717, 1.165) is 23.3 Å². The third-order valence-electron chi connectivity index (χ3n) is 4.78. The molecule has 1 amide bonds. The van der Waals surface area contributed by atoms with Gasteiger partial charge in [-0.25, -0.2) is 0 Å². The highest BCUT2D eigenvalue weighted by Gasteiger charge is 2.22. The van der Waals surface area contributed by atoms with E-state index in [1.807, 2.05) is 29.2 Å². The van der Waals surface area contributed by atoms with Gasteiger partial charge in [-0.05, 0) is 53.8 Å². The van der Waals surface area contributed by atoms with Gasteiger partial charge >= 0.3 is 0 Å². The van der Waals surface area contributed by atoms with Crippen LogP contribution in [0.4, 0.5) is 0 Å². The molecule has 3 rings (SSSR count). The highest BCUT2D eigenvalue weighted by Crippen LogP contribution is 2.33. The second-order valence-corrected chi connectivity index (χ2v) is 6.35. The van der Waals surface area contributed by atoms with E-state index in [9.17, 15) is 4.79 Å². The van der Waals surface area contributed by atoms with Gasteiger partial charge < -0.3 is 14.4 Å². The zero-order valence-electron chi connectivity index (χ0n) is 15.1. The summed E-state index contributed by atoms with van der Waals surface area (Å²) in [6, 6.07) is 13.5. The summed E-state index contributed by atoms with van der Waals surface area (Å²) < 4.78 is 10.7. The molecule has 1 heterocycles. The van der Waals surface area contributed by atoms with E-state index in [0.29, 0.717) is 37.2 Å². The largest absolute Gasteiger partial charge is 0.493 e. The van der Waals surface area contributed by atoms with Crippen LogP contribution in [0.2, 0.25) is 0 Å². The molecule has 5 nitrogen and oxygen atoms in total. The van der Waals surface area contributed by atoms with Gasteiger partial charge in [0.25, 0.3) is 0 Å². The van der Waals surface area contributed by atoms with Crippen molar-refractivity contribution in [1.82, 2.24) is 4.90 Å². The summed E-state index contributed by atoms with van der Waals surface area (Å²) in [5.41, 5.74) is 4.03. The van der Waals surface area contributed by atoms with Crippen LogP contribution < -0.4 is 9.47 Å². The Bertz CT molecular complexity index is 838. The molecule has 1 aliphatic heterocycles. The fourth-order valence-corrected chi connectivity index (χ4v) is 3.25. The highest BCUT2D eigenvalue weighted by molar-refractivity contribution is 5.77. The maximum atomic E-state index is 12.6. The van der Waals surface area contributed by atoms with Crippen molar-refractivity contribution in [3.05, 3.63) is 58.7 Å². The van der Waals surface area contributed by atoms with Gasteiger partial charge in [-0.2, -0.15) is 5.26 Å². The Balaban J connectivity index is 1.64. The minimum Gasteiger partial charge on any atom is -0.493 e. The molecule has 1 aliphatic rings. The molecule has 0 bridgehead atoms. The predicted octanol–water partition coefficient (Wildman–Crippen LogP) is 3.09. The number of carbonyl (C=O) groups is 1. The summed E-state index contributed by atoms with van der Waals surface area (Å²) >= 11 is 0. The minimum atomic E-state index is 0.148. The van der Waals surface area contributed by atoms with Crippen LogP contribution in [0.5, 0.6) is 11.5 Å². The van der Waals surface area contributed by atoms with Crippen molar-refractivity contribution >= 4 is 5.91 Å². The number of nitrogens with zero attached hydrogens (tertiary/aromatic N) is 2. The molecule has 0 saturated carbocycles. The van der Waals surface area contributed by atoms with E-state index in [1.54, 1.807) is 26.4 Å². The average molecular weight is 350 g/mol. The number of hydrogen-bond acceptors (Lipinski definition) is 4. The van der Waals surface area contributed by atoms with Gasteiger partial charge in [0.15, 0.2) is 11.5 Å². The third-order valence-corrected chi connectivity index (χ3v) is 4.78. The zero-order chi connectivity index (χ0) is 18.5. The molecule has 0 saturated heterocycles. The standard InChI is InChI=1S/C21H22N2O3/c1-25-19-11-17-9-10-23(14-18(17)12-20(19)26-2)21(24)8-7-15-3-5-16(13-22)6-4-15/h3-6,11-12H,7-10,14H2,1-2H3. The molecule has 0 radical (unpaired) electrons. The Labute approximate surface area is 153 Å². The van der Waals surface area contributed by atoms with Gasteiger partial charge in [0.2, 0.25) is 5.91 Å². The van der Waals surface area contributed by atoms with Crippen molar-refractivity contribution in [3.8, 4) is 17.6 Å². The van der Waals surface area contributed by atoms with Crippen molar-refractivity contribution in [2.24, 2.45) is 0 Å². The van der Waals surface area contributed by atoms with E-state index >= 15 is 0 Å². The molecule has 0 aromatic heterocycles. The SMILES string of the molecule is COc1cc2c(cc1OC)CN(C(=O)CCc1ccc(C#N)cc1)CC2. The van der Waals surface area contributed by atoms with Crippen molar-refractivity contribution in [2.45, 2.75) is 25.8 Å². The Morgan fingerprint density at radius 3 is 2.38 bits per heavy atom. The zero-order valence-corrected chi connectivity index (χ0v) is 15.1. The fraction of sp³-hybridized carbons (Fsp3) is 0.333. The van der Waals surface area contributed by atoms with Crippen LogP contribution in [0.25, 0.3) is 0 Å². The summed E-state index contributed by atoms with van der Waals surface area (Å²) in [6.07, 6.45) is 1.96. The summed E-state index contributed by atoms with van der Waals surface area (Å²) in [7, 11) is 3.25. The number of rotatable bonds is 5.